The van der Waals surface area contributed by atoms with Crippen molar-refractivity contribution in [3.05, 3.63) is 42.1 Å². The van der Waals surface area contributed by atoms with Gasteiger partial charge in [-0.1, -0.05) is 0 Å². The van der Waals surface area contributed by atoms with Crippen LogP contribution in [0.15, 0.2) is 36.5 Å². The van der Waals surface area contributed by atoms with Crippen molar-refractivity contribution < 1.29 is 28.6 Å². The second kappa shape index (κ2) is 8.17. The zero-order valence-corrected chi connectivity index (χ0v) is 17.0. The highest BCUT2D eigenvalue weighted by Crippen LogP contribution is 2.40. The molecule has 1 aliphatic heterocycles. The van der Waals surface area contributed by atoms with Crippen LogP contribution in [0, 0.1) is 0 Å². The van der Waals surface area contributed by atoms with Crippen LogP contribution in [0.4, 0.5) is 0 Å². The molecule has 0 radical (unpaired) electrons. The number of aliphatic hydroxyl groups is 1. The van der Waals surface area contributed by atoms with Crippen LogP contribution in [0.25, 0.3) is 22.0 Å². The molecular weight excluding hydrogens is 370 g/mol. The molecule has 4 rings (SSSR count). The predicted molar refractivity (Wildman–Crippen MR) is 110 cm³/mol. The fourth-order valence-corrected chi connectivity index (χ4v) is 3.90. The monoisotopic (exact) mass is 396 g/mol. The van der Waals surface area contributed by atoms with Crippen molar-refractivity contribution >= 4 is 10.8 Å². The molecule has 0 atom stereocenters. The van der Waals surface area contributed by atoms with Crippen molar-refractivity contribution in [1.29, 1.82) is 0 Å². The van der Waals surface area contributed by atoms with Gasteiger partial charge in [0.2, 0.25) is 5.69 Å². The summed E-state index contributed by atoms with van der Waals surface area (Å²) < 4.78 is 24.7. The minimum Gasteiger partial charge on any atom is -0.493 e. The Morgan fingerprint density at radius 1 is 0.966 bits per heavy atom. The van der Waals surface area contributed by atoms with Gasteiger partial charge in [0.05, 0.1) is 38.9 Å². The molecule has 29 heavy (non-hydrogen) atoms. The Labute approximate surface area is 170 Å². The highest BCUT2D eigenvalue weighted by atomic mass is 16.5. The normalized spacial score (nSPS) is 12.3. The molecule has 0 aliphatic carbocycles. The molecule has 2 heterocycles. The molecule has 152 valence electrons. The molecule has 0 saturated heterocycles. The predicted octanol–water partition coefficient (Wildman–Crippen LogP) is 3.14. The third-order valence-electron chi connectivity index (χ3n) is 5.35. The van der Waals surface area contributed by atoms with E-state index in [0.29, 0.717) is 24.5 Å². The number of fused-ring (bicyclic) bond motifs is 4. The van der Waals surface area contributed by atoms with Crippen LogP contribution in [-0.4, -0.2) is 39.6 Å². The van der Waals surface area contributed by atoms with E-state index in [4.69, 9.17) is 24.1 Å². The van der Waals surface area contributed by atoms with Gasteiger partial charge in [0.25, 0.3) is 0 Å². The first-order valence-corrected chi connectivity index (χ1v) is 9.73. The van der Waals surface area contributed by atoms with Gasteiger partial charge in [0.1, 0.15) is 0 Å². The standard InChI is InChI=1S/C23H26NO5/c1-26-21-12-16-7-8-24-14-18-15(11-19(24)17(16)13-22(21)27-2)5-6-20(23(18)28-3)29-10-4-9-25/h5-6,11-14,25H,4,7-10H2,1-3H3/q+1. The number of aryl methyl sites for hydroxylation is 2. The largest absolute Gasteiger partial charge is 0.493 e. The SMILES string of the molecule is COc1cc2c(cc1OC)-c1cc3ccc(OCCCO)c(OC)c3c[n+]1CC2. The van der Waals surface area contributed by atoms with Gasteiger partial charge in [0.15, 0.2) is 35.7 Å². The van der Waals surface area contributed by atoms with Gasteiger partial charge in [-0.2, -0.15) is 4.57 Å². The van der Waals surface area contributed by atoms with Crippen LogP contribution in [-0.2, 0) is 13.0 Å². The summed E-state index contributed by atoms with van der Waals surface area (Å²) in [6.07, 6.45) is 3.62. The Kier molecular flexibility index (Phi) is 5.45. The molecule has 6 heteroatoms. The Morgan fingerprint density at radius 2 is 1.76 bits per heavy atom. The minimum atomic E-state index is 0.104. The highest BCUT2D eigenvalue weighted by molar-refractivity contribution is 5.91. The number of aliphatic hydroxyl groups excluding tert-OH is 1. The van der Waals surface area contributed by atoms with E-state index in [-0.39, 0.29) is 6.61 Å². The summed E-state index contributed by atoms with van der Waals surface area (Å²) in [6.45, 7) is 1.42. The molecule has 0 fully saturated rings. The maximum atomic E-state index is 8.99. The summed E-state index contributed by atoms with van der Waals surface area (Å²) in [4.78, 5) is 0. The lowest BCUT2D eigenvalue weighted by atomic mass is 9.95. The number of rotatable bonds is 7. The van der Waals surface area contributed by atoms with E-state index < -0.39 is 0 Å². The van der Waals surface area contributed by atoms with Crippen molar-refractivity contribution in [2.45, 2.75) is 19.4 Å². The highest BCUT2D eigenvalue weighted by Gasteiger charge is 2.27. The lowest BCUT2D eigenvalue weighted by Crippen LogP contribution is -2.40. The zero-order chi connectivity index (χ0) is 20.4. The van der Waals surface area contributed by atoms with Crippen molar-refractivity contribution in [3.8, 4) is 34.3 Å². The second-order valence-electron chi connectivity index (χ2n) is 6.99. The smallest absolute Gasteiger partial charge is 0.213 e. The third kappa shape index (κ3) is 3.44. The quantitative estimate of drug-likeness (QED) is 0.491. The fraction of sp³-hybridized carbons (Fsp3) is 0.348. The summed E-state index contributed by atoms with van der Waals surface area (Å²) in [5.41, 5.74) is 3.53. The summed E-state index contributed by atoms with van der Waals surface area (Å²) in [7, 11) is 4.98. The molecule has 1 aliphatic rings. The van der Waals surface area contributed by atoms with Gasteiger partial charge in [-0.3, -0.25) is 0 Å². The van der Waals surface area contributed by atoms with E-state index in [1.807, 2.05) is 12.1 Å². The molecule has 3 aromatic rings. The molecular formula is C23H26NO5+. The molecule has 2 aromatic carbocycles. The molecule has 0 bridgehead atoms. The van der Waals surface area contributed by atoms with E-state index in [2.05, 4.69) is 29.0 Å². The van der Waals surface area contributed by atoms with E-state index in [1.165, 1.54) is 5.56 Å². The average Bonchev–Trinajstić information content (AvgIpc) is 2.76. The maximum Gasteiger partial charge on any atom is 0.213 e. The van der Waals surface area contributed by atoms with Gasteiger partial charge < -0.3 is 24.1 Å². The lowest BCUT2D eigenvalue weighted by Gasteiger charge is -2.19. The number of nitrogens with zero attached hydrogens (tertiary/aromatic N) is 1. The van der Waals surface area contributed by atoms with Crippen LogP contribution in [0.1, 0.15) is 12.0 Å². The fourth-order valence-electron chi connectivity index (χ4n) is 3.90. The van der Waals surface area contributed by atoms with E-state index in [0.717, 1.165) is 46.5 Å². The second-order valence-corrected chi connectivity index (χ2v) is 6.99. The van der Waals surface area contributed by atoms with Gasteiger partial charge in [-0.05, 0) is 35.2 Å². The van der Waals surface area contributed by atoms with Gasteiger partial charge >= 0.3 is 0 Å². The molecule has 1 aromatic heterocycles. The summed E-state index contributed by atoms with van der Waals surface area (Å²) in [5, 5.41) is 11.1. The third-order valence-corrected chi connectivity index (χ3v) is 5.35. The Balaban J connectivity index is 1.83. The van der Waals surface area contributed by atoms with Crippen molar-refractivity contribution in [3.63, 3.8) is 0 Å². The number of hydrogen-bond acceptors (Lipinski definition) is 5. The topological polar surface area (TPSA) is 61.0 Å². The van der Waals surface area contributed by atoms with E-state index in [1.54, 1.807) is 21.3 Å². The molecule has 0 spiro atoms. The average molecular weight is 396 g/mol. The van der Waals surface area contributed by atoms with Crippen molar-refractivity contribution in [1.82, 2.24) is 0 Å². The zero-order valence-electron chi connectivity index (χ0n) is 17.0. The van der Waals surface area contributed by atoms with Crippen LogP contribution in [0.2, 0.25) is 0 Å². The van der Waals surface area contributed by atoms with Crippen LogP contribution >= 0.6 is 0 Å². The van der Waals surface area contributed by atoms with Crippen LogP contribution in [0.3, 0.4) is 0 Å². The first-order valence-electron chi connectivity index (χ1n) is 9.73. The maximum absolute atomic E-state index is 8.99. The molecule has 0 unspecified atom stereocenters. The summed E-state index contributed by atoms with van der Waals surface area (Å²) >= 11 is 0. The van der Waals surface area contributed by atoms with Gasteiger partial charge in [0, 0.05) is 25.5 Å². The van der Waals surface area contributed by atoms with E-state index >= 15 is 0 Å². The van der Waals surface area contributed by atoms with E-state index in [9.17, 15) is 0 Å². The summed E-state index contributed by atoms with van der Waals surface area (Å²) in [5.74, 6) is 2.89. The first-order chi connectivity index (χ1) is 14.2. The Bertz CT molecular complexity index is 1050. The summed E-state index contributed by atoms with van der Waals surface area (Å²) in [6, 6.07) is 10.3. The minimum absolute atomic E-state index is 0.104. The molecule has 6 nitrogen and oxygen atoms in total. The number of methoxy groups -OCH3 is 3. The first kappa shape index (κ1) is 19.3. The molecule has 0 saturated carbocycles. The molecule has 0 amide bonds. The number of benzene rings is 2. The van der Waals surface area contributed by atoms with Gasteiger partial charge in [-0.25, -0.2) is 0 Å². The van der Waals surface area contributed by atoms with Gasteiger partial charge in [-0.15, -0.1) is 0 Å². The van der Waals surface area contributed by atoms with Crippen molar-refractivity contribution in [2.24, 2.45) is 0 Å². The number of pyridine rings is 1. The number of ether oxygens (including phenoxy) is 4. The Morgan fingerprint density at radius 3 is 2.48 bits per heavy atom. The van der Waals surface area contributed by atoms with Crippen LogP contribution in [0.5, 0.6) is 23.0 Å². The Hall–Kier alpha value is -2.99. The number of hydrogen-bond donors (Lipinski definition) is 1. The van der Waals surface area contributed by atoms with Crippen LogP contribution < -0.4 is 23.5 Å². The molecule has 1 N–H and O–H groups in total. The lowest BCUT2D eigenvalue weighted by molar-refractivity contribution is -0.686. The number of aromatic nitrogens is 1. The van der Waals surface area contributed by atoms with Crippen molar-refractivity contribution in [2.75, 3.05) is 34.5 Å².